The Morgan fingerprint density at radius 2 is 2.31 bits per heavy atom. The molecule has 4 nitrogen and oxygen atoms in total. The fourth-order valence-corrected chi connectivity index (χ4v) is 2.11. The first-order valence-corrected chi connectivity index (χ1v) is 5.51. The summed E-state index contributed by atoms with van der Waals surface area (Å²) in [5.74, 6) is 0.778. The topological polar surface area (TPSA) is 60.1 Å². The summed E-state index contributed by atoms with van der Waals surface area (Å²) in [7, 11) is 0. The smallest absolute Gasteiger partial charge is 0.142 e. The maximum Gasteiger partial charge on any atom is 0.142 e. The van der Waals surface area contributed by atoms with Crippen LogP contribution >= 0.6 is 0 Å². The number of hydrogen-bond donors (Lipinski definition) is 1. The zero-order valence-electron chi connectivity index (χ0n) is 9.35. The van der Waals surface area contributed by atoms with Gasteiger partial charge in [0.15, 0.2) is 0 Å². The number of β-amino-alcohol motifs (C(OH)–C–C–N with tert-alkyl or cyclic N) is 1. The lowest BCUT2D eigenvalue weighted by molar-refractivity contribution is 0.00294. The molecule has 0 aromatic carbocycles. The van der Waals surface area contributed by atoms with Crippen molar-refractivity contribution < 1.29 is 5.11 Å². The number of aromatic nitrogens is 1. The molecule has 2 rings (SSSR count). The van der Waals surface area contributed by atoms with Crippen LogP contribution in [0.15, 0.2) is 18.2 Å². The Kier molecular flexibility index (Phi) is 2.80. The van der Waals surface area contributed by atoms with Crippen LogP contribution in [0.25, 0.3) is 0 Å². The van der Waals surface area contributed by atoms with Gasteiger partial charge >= 0.3 is 0 Å². The first kappa shape index (κ1) is 10.9. The molecule has 84 valence electrons. The molecule has 4 heteroatoms. The standard InChI is InChI=1S/C12H15N3O/c1-2-6-12(16)8-15(9-12)11-5-3-4-10(7-13)14-11/h3-5,16H,2,6,8-9H2,1H3. The highest BCUT2D eigenvalue weighted by Crippen LogP contribution is 2.29. The van der Waals surface area contributed by atoms with E-state index in [2.05, 4.69) is 11.9 Å². The molecule has 16 heavy (non-hydrogen) atoms. The minimum absolute atomic E-state index is 0.420. The number of rotatable bonds is 3. The van der Waals surface area contributed by atoms with Gasteiger partial charge in [-0.3, -0.25) is 0 Å². The molecule has 0 spiro atoms. The van der Waals surface area contributed by atoms with Crippen LogP contribution in [0.5, 0.6) is 0 Å². The Labute approximate surface area is 95.1 Å². The van der Waals surface area contributed by atoms with E-state index in [0.717, 1.165) is 18.7 Å². The van der Waals surface area contributed by atoms with Gasteiger partial charge in [-0.05, 0) is 18.6 Å². The van der Waals surface area contributed by atoms with Crippen molar-refractivity contribution in [1.29, 1.82) is 5.26 Å². The summed E-state index contributed by atoms with van der Waals surface area (Å²) in [6, 6.07) is 7.38. The van der Waals surface area contributed by atoms with E-state index in [0.29, 0.717) is 18.8 Å². The summed E-state index contributed by atoms with van der Waals surface area (Å²) in [5, 5.41) is 18.8. The summed E-state index contributed by atoms with van der Waals surface area (Å²) in [4.78, 5) is 6.19. The van der Waals surface area contributed by atoms with Crippen LogP contribution in [0, 0.1) is 11.3 Å². The van der Waals surface area contributed by atoms with E-state index in [1.54, 1.807) is 6.07 Å². The summed E-state index contributed by atoms with van der Waals surface area (Å²) in [5.41, 5.74) is -0.137. The van der Waals surface area contributed by atoms with E-state index in [-0.39, 0.29) is 0 Å². The third-order valence-corrected chi connectivity index (χ3v) is 2.86. The van der Waals surface area contributed by atoms with Gasteiger partial charge in [0, 0.05) is 13.1 Å². The third-order valence-electron chi connectivity index (χ3n) is 2.86. The van der Waals surface area contributed by atoms with Gasteiger partial charge in [0.05, 0.1) is 5.60 Å². The van der Waals surface area contributed by atoms with Crippen LogP contribution in [0.2, 0.25) is 0 Å². The first-order chi connectivity index (χ1) is 7.67. The first-order valence-electron chi connectivity index (χ1n) is 5.51. The monoisotopic (exact) mass is 217 g/mol. The molecular weight excluding hydrogens is 202 g/mol. The van der Waals surface area contributed by atoms with Crippen molar-refractivity contribution in [2.45, 2.75) is 25.4 Å². The number of nitrogens with zero attached hydrogens (tertiary/aromatic N) is 3. The summed E-state index contributed by atoms with van der Waals surface area (Å²) in [6.45, 7) is 3.29. The largest absolute Gasteiger partial charge is 0.386 e. The van der Waals surface area contributed by atoms with Crippen molar-refractivity contribution in [3.63, 3.8) is 0 Å². The Bertz CT molecular complexity index is 419. The van der Waals surface area contributed by atoms with Crippen molar-refractivity contribution in [3.05, 3.63) is 23.9 Å². The van der Waals surface area contributed by atoms with Crippen LogP contribution in [-0.2, 0) is 0 Å². The maximum atomic E-state index is 10.0. The van der Waals surface area contributed by atoms with Gasteiger partial charge in [-0.15, -0.1) is 0 Å². The summed E-state index contributed by atoms with van der Waals surface area (Å²) in [6.07, 6.45) is 1.80. The number of anilines is 1. The molecule has 0 radical (unpaired) electrons. The number of pyridine rings is 1. The molecule has 1 N–H and O–H groups in total. The van der Waals surface area contributed by atoms with E-state index >= 15 is 0 Å². The maximum absolute atomic E-state index is 10.0. The lowest BCUT2D eigenvalue weighted by Crippen LogP contribution is -2.62. The fourth-order valence-electron chi connectivity index (χ4n) is 2.11. The molecule has 1 fully saturated rings. The molecule has 2 heterocycles. The second-order valence-electron chi connectivity index (χ2n) is 4.32. The number of nitriles is 1. The van der Waals surface area contributed by atoms with Gasteiger partial charge in [-0.2, -0.15) is 5.26 Å². The second-order valence-corrected chi connectivity index (χ2v) is 4.32. The van der Waals surface area contributed by atoms with E-state index in [9.17, 15) is 5.11 Å². The normalized spacial score (nSPS) is 17.7. The predicted molar refractivity (Wildman–Crippen MR) is 61.0 cm³/mol. The Balaban J connectivity index is 2.04. The summed E-state index contributed by atoms with van der Waals surface area (Å²) < 4.78 is 0. The molecule has 1 saturated heterocycles. The molecule has 0 unspecified atom stereocenters. The van der Waals surface area contributed by atoms with Crippen LogP contribution in [0.3, 0.4) is 0 Å². The highest BCUT2D eigenvalue weighted by Gasteiger charge is 2.40. The molecule has 0 saturated carbocycles. The minimum atomic E-state index is -0.556. The molecular formula is C12H15N3O. The molecule has 0 bridgehead atoms. The Morgan fingerprint density at radius 1 is 1.56 bits per heavy atom. The van der Waals surface area contributed by atoms with Crippen molar-refractivity contribution in [2.24, 2.45) is 0 Å². The third kappa shape index (κ3) is 2.00. The van der Waals surface area contributed by atoms with Crippen LogP contribution in [0.1, 0.15) is 25.5 Å². The average Bonchev–Trinajstić information content (AvgIpc) is 2.26. The zero-order chi connectivity index (χ0) is 11.6. The number of hydrogen-bond acceptors (Lipinski definition) is 4. The van der Waals surface area contributed by atoms with E-state index in [1.165, 1.54) is 0 Å². The number of aliphatic hydroxyl groups is 1. The second kappa shape index (κ2) is 4.11. The quantitative estimate of drug-likeness (QED) is 0.829. The highest BCUT2D eigenvalue weighted by atomic mass is 16.3. The van der Waals surface area contributed by atoms with Gasteiger partial charge in [-0.1, -0.05) is 19.4 Å². The molecule has 1 aliphatic rings. The molecule has 1 aromatic rings. The van der Waals surface area contributed by atoms with Crippen molar-refractivity contribution in [1.82, 2.24) is 4.98 Å². The van der Waals surface area contributed by atoms with Crippen molar-refractivity contribution >= 4 is 5.82 Å². The zero-order valence-corrected chi connectivity index (χ0v) is 9.35. The average molecular weight is 217 g/mol. The van der Waals surface area contributed by atoms with Gasteiger partial charge < -0.3 is 10.0 Å². The molecule has 0 atom stereocenters. The molecule has 1 aromatic heterocycles. The van der Waals surface area contributed by atoms with Crippen LogP contribution in [0.4, 0.5) is 5.82 Å². The lowest BCUT2D eigenvalue weighted by atomic mass is 9.89. The molecule has 0 aliphatic carbocycles. The Morgan fingerprint density at radius 3 is 2.94 bits per heavy atom. The highest BCUT2D eigenvalue weighted by molar-refractivity contribution is 5.45. The fraction of sp³-hybridized carbons (Fsp3) is 0.500. The van der Waals surface area contributed by atoms with Gasteiger partial charge in [0.25, 0.3) is 0 Å². The minimum Gasteiger partial charge on any atom is -0.386 e. The SMILES string of the molecule is CCCC1(O)CN(c2cccc(C#N)n2)C1. The van der Waals surface area contributed by atoms with E-state index < -0.39 is 5.60 Å². The van der Waals surface area contributed by atoms with Crippen LogP contribution < -0.4 is 4.90 Å². The van der Waals surface area contributed by atoms with E-state index in [1.807, 2.05) is 23.1 Å². The van der Waals surface area contributed by atoms with Crippen LogP contribution in [-0.4, -0.2) is 28.8 Å². The molecule has 0 amide bonds. The predicted octanol–water partition coefficient (Wildman–Crippen LogP) is 1.30. The molecule has 1 aliphatic heterocycles. The van der Waals surface area contributed by atoms with E-state index in [4.69, 9.17) is 5.26 Å². The van der Waals surface area contributed by atoms with Crippen molar-refractivity contribution in [2.75, 3.05) is 18.0 Å². The summed E-state index contributed by atoms with van der Waals surface area (Å²) >= 11 is 0. The van der Waals surface area contributed by atoms with Crippen molar-refractivity contribution in [3.8, 4) is 6.07 Å². The van der Waals surface area contributed by atoms with Gasteiger partial charge in [0.2, 0.25) is 0 Å². The Hall–Kier alpha value is -1.60. The van der Waals surface area contributed by atoms with Gasteiger partial charge in [0.1, 0.15) is 17.6 Å². The van der Waals surface area contributed by atoms with Gasteiger partial charge in [-0.25, -0.2) is 4.98 Å². The lowest BCUT2D eigenvalue weighted by Gasteiger charge is -2.47.